The number of hydrogen-bond acceptors (Lipinski definition) is 5. The quantitative estimate of drug-likeness (QED) is 0.652. The van der Waals surface area contributed by atoms with Gasteiger partial charge in [-0.1, -0.05) is 6.92 Å². The van der Waals surface area contributed by atoms with Crippen LogP contribution in [-0.4, -0.2) is 69.2 Å². The molecule has 1 saturated carbocycles. The number of amides is 1. The summed E-state index contributed by atoms with van der Waals surface area (Å²) < 4.78 is 44.4. The van der Waals surface area contributed by atoms with Gasteiger partial charge in [-0.2, -0.15) is 13.2 Å². The number of ether oxygens (including phenoxy) is 1. The second kappa shape index (κ2) is 8.11. The van der Waals surface area contributed by atoms with E-state index in [-0.39, 0.29) is 24.3 Å². The fraction of sp³-hybridized carbons (Fsp3) is 0.762. The molecule has 10 heteroatoms. The predicted molar refractivity (Wildman–Crippen MR) is 106 cm³/mol. The van der Waals surface area contributed by atoms with Gasteiger partial charge in [-0.05, 0) is 38.0 Å². The molecule has 0 bridgehead atoms. The van der Waals surface area contributed by atoms with Crippen molar-refractivity contribution in [3.05, 3.63) is 17.7 Å². The summed E-state index contributed by atoms with van der Waals surface area (Å²) in [7, 11) is 0. The van der Waals surface area contributed by atoms with Crippen LogP contribution in [0.2, 0.25) is 0 Å². The van der Waals surface area contributed by atoms with E-state index in [0.717, 1.165) is 32.4 Å². The van der Waals surface area contributed by atoms with Gasteiger partial charge in [-0.25, -0.2) is 9.78 Å². The van der Waals surface area contributed by atoms with Crippen LogP contribution in [0.3, 0.4) is 0 Å². The van der Waals surface area contributed by atoms with Gasteiger partial charge in [-0.3, -0.25) is 9.69 Å². The zero-order valence-electron chi connectivity index (χ0n) is 18.0. The van der Waals surface area contributed by atoms with Crippen LogP contribution in [0.25, 0.3) is 0 Å². The highest BCUT2D eigenvalue weighted by molar-refractivity contribution is 5.94. The summed E-state index contributed by atoms with van der Waals surface area (Å²) in [6.07, 6.45) is -2.00. The van der Waals surface area contributed by atoms with Gasteiger partial charge in [0.15, 0.2) is 11.9 Å². The van der Waals surface area contributed by atoms with Crippen LogP contribution in [0.4, 0.5) is 18.0 Å². The van der Waals surface area contributed by atoms with Crippen LogP contribution in [-0.2, 0) is 17.8 Å². The number of halogens is 3. The lowest BCUT2D eigenvalue weighted by Crippen LogP contribution is -2.45. The summed E-state index contributed by atoms with van der Waals surface area (Å²) in [6.45, 7) is 5.94. The number of carbonyl (C=O) groups is 2. The van der Waals surface area contributed by atoms with Gasteiger partial charge in [0, 0.05) is 44.8 Å². The largest absolute Gasteiger partial charge is 0.437 e. The number of fused-ring (bicyclic) bond motifs is 1. The van der Waals surface area contributed by atoms with Crippen LogP contribution in [0.1, 0.15) is 62.3 Å². The Kier molecular flexibility index (Phi) is 5.78. The third-order valence-electron chi connectivity index (χ3n) is 6.74. The van der Waals surface area contributed by atoms with E-state index in [1.54, 1.807) is 0 Å². The highest BCUT2D eigenvalue weighted by Crippen LogP contribution is 2.36. The Morgan fingerprint density at radius 3 is 2.52 bits per heavy atom. The molecule has 0 spiro atoms. The van der Waals surface area contributed by atoms with Crippen molar-refractivity contribution < 1.29 is 27.5 Å². The van der Waals surface area contributed by atoms with Crippen molar-refractivity contribution in [1.82, 2.24) is 19.4 Å². The number of alkyl halides is 3. The first-order valence-electron chi connectivity index (χ1n) is 10.9. The first-order valence-corrected chi connectivity index (χ1v) is 10.9. The Balaban J connectivity index is 1.30. The van der Waals surface area contributed by atoms with Crippen molar-refractivity contribution in [3.8, 4) is 0 Å². The lowest BCUT2D eigenvalue weighted by molar-refractivity contribution is -0.200. The zero-order chi connectivity index (χ0) is 22.4. The minimum absolute atomic E-state index is 0.0240. The average Bonchev–Trinajstić information content (AvgIpc) is 3.45. The number of hydrogen-bond donors (Lipinski definition) is 0. The normalized spacial score (nSPS) is 22.7. The van der Waals surface area contributed by atoms with E-state index in [2.05, 4.69) is 19.2 Å². The first kappa shape index (κ1) is 22.1. The number of aromatic nitrogens is 2. The highest BCUT2D eigenvalue weighted by Gasteiger charge is 2.41. The standard InChI is InChI=1S/C21H29F3N4O3/c1-14(21(22,23)24)31-19(30)26-7-5-20(2,6-8-26)11-17(29)16-12-28-10-9-27(15-3-4-15)13-18(28)25-16/h12,14-15H,3-11,13H2,1-2H3. The van der Waals surface area contributed by atoms with Gasteiger partial charge >= 0.3 is 12.3 Å². The number of ketones is 1. The molecular weight excluding hydrogens is 413 g/mol. The number of likely N-dealkylation sites (tertiary alicyclic amines) is 1. The lowest BCUT2D eigenvalue weighted by Gasteiger charge is -2.38. The van der Waals surface area contributed by atoms with E-state index in [4.69, 9.17) is 0 Å². The molecule has 1 aliphatic carbocycles. The molecule has 2 fully saturated rings. The Hall–Kier alpha value is -2.10. The summed E-state index contributed by atoms with van der Waals surface area (Å²) in [6, 6.07) is 0.666. The van der Waals surface area contributed by atoms with Gasteiger partial charge in [0.2, 0.25) is 0 Å². The number of nitrogens with zero attached hydrogens (tertiary/aromatic N) is 4. The summed E-state index contributed by atoms with van der Waals surface area (Å²) in [5.41, 5.74) is 0.155. The molecule has 1 atom stereocenters. The zero-order valence-corrected chi connectivity index (χ0v) is 18.0. The minimum Gasteiger partial charge on any atom is -0.437 e. The average molecular weight is 442 g/mol. The van der Waals surface area contributed by atoms with Crippen molar-refractivity contribution in [3.63, 3.8) is 0 Å². The van der Waals surface area contributed by atoms with E-state index in [1.165, 1.54) is 17.7 Å². The molecule has 4 rings (SSSR count). The molecule has 7 nitrogen and oxygen atoms in total. The molecule has 1 saturated heterocycles. The van der Waals surface area contributed by atoms with Crippen molar-refractivity contribution in [2.24, 2.45) is 5.41 Å². The molecule has 2 aliphatic heterocycles. The van der Waals surface area contributed by atoms with E-state index in [9.17, 15) is 22.8 Å². The Morgan fingerprint density at radius 1 is 1.23 bits per heavy atom. The molecule has 0 aromatic carbocycles. The van der Waals surface area contributed by atoms with Gasteiger partial charge in [0.25, 0.3) is 0 Å². The van der Waals surface area contributed by atoms with Gasteiger partial charge in [-0.15, -0.1) is 0 Å². The fourth-order valence-corrected chi connectivity index (χ4v) is 4.33. The second-order valence-electron chi connectivity index (χ2n) is 9.40. The fourth-order valence-electron chi connectivity index (χ4n) is 4.33. The minimum atomic E-state index is -4.58. The molecular formula is C21H29F3N4O3. The van der Waals surface area contributed by atoms with E-state index in [0.29, 0.717) is 31.0 Å². The predicted octanol–water partition coefficient (Wildman–Crippen LogP) is 3.62. The van der Waals surface area contributed by atoms with Crippen molar-refractivity contribution in [2.75, 3.05) is 19.6 Å². The first-order chi connectivity index (χ1) is 14.5. The molecule has 1 amide bonds. The maximum atomic E-state index is 12.9. The molecule has 1 aromatic rings. The third-order valence-corrected chi connectivity index (χ3v) is 6.74. The van der Waals surface area contributed by atoms with Crippen LogP contribution in [0, 0.1) is 5.41 Å². The summed E-state index contributed by atoms with van der Waals surface area (Å²) in [5, 5.41) is 0. The number of piperidine rings is 1. The maximum Gasteiger partial charge on any atom is 0.425 e. The Bertz CT molecular complexity index is 841. The molecule has 0 radical (unpaired) electrons. The molecule has 1 aromatic heterocycles. The Labute approximate surface area is 179 Å². The van der Waals surface area contributed by atoms with E-state index in [1.807, 2.05) is 13.1 Å². The summed E-state index contributed by atoms with van der Waals surface area (Å²) in [5.74, 6) is 0.909. The van der Waals surface area contributed by atoms with Crippen molar-refractivity contribution >= 4 is 11.9 Å². The van der Waals surface area contributed by atoms with Crippen molar-refractivity contribution in [2.45, 2.75) is 77.4 Å². The van der Waals surface area contributed by atoms with E-state index < -0.39 is 18.4 Å². The Morgan fingerprint density at radius 2 is 1.90 bits per heavy atom. The topological polar surface area (TPSA) is 67.7 Å². The smallest absolute Gasteiger partial charge is 0.425 e. The second-order valence-corrected chi connectivity index (χ2v) is 9.40. The number of carbonyl (C=O) groups excluding carboxylic acids is 2. The third kappa shape index (κ3) is 5.05. The highest BCUT2D eigenvalue weighted by atomic mass is 19.4. The molecule has 172 valence electrons. The number of Topliss-reactive ketones (excluding diaryl/α,β-unsaturated/α-hetero) is 1. The lowest BCUT2D eigenvalue weighted by atomic mass is 9.76. The number of rotatable bonds is 5. The summed E-state index contributed by atoms with van der Waals surface area (Å²) >= 11 is 0. The number of imidazole rings is 1. The monoisotopic (exact) mass is 442 g/mol. The molecule has 3 heterocycles. The van der Waals surface area contributed by atoms with Crippen LogP contribution in [0.5, 0.6) is 0 Å². The molecule has 1 unspecified atom stereocenters. The molecule has 0 N–H and O–H groups in total. The van der Waals surface area contributed by atoms with Crippen LogP contribution >= 0.6 is 0 Å². The van der Waals surface area contributed by atoms with Gasteiger partial charge in [0.05, 0.1) is 6.54 Å². The van der Waals surface area contributed by atoms with Gasteiger partial charge in [0.1, 0.15) is 11.5 Å². The van der Waals surface area contributed by atoms with Crippen LogP contribution < -0.4 is 0 Å². The van der Waals surface area contributed by atoms with Crippen molar-refractivity contribution in [1.29, 1.82) is 0 Å². The maximum absolute atomic E-state index is 12.9. The van der Waals surface area contributed by atoms with Gasteiger partial charge < -0.3 is 14.2 Å². The van der Waals surface area contributed by atoms with Crippen LogP contribution in [0.15, 0.2) is 6.20 Å². The summed E-state index contributed by atoms with van der Waals surface area (Å²) in [4.78, 5) is 33.2. The SMILES string of the molecule is CC(OC(=O)N1CCC(C)(CC(=O)c2cn3c(n2)CN(C2CC2)CC3)CC1)C(F)(F)F. The van der Waals surface area contributed by atoms with E-state index >= 15 is 0 Å². The molecule has 3 aliphatic rings. The molecule has 31 heavy (non-hydrogen) atoms.